The number of benzene rings is 2. The van der Waals surface area contributed by atoms with E-state index in [0.717, 1.165) is 24.3 Å². The highest BCUT2D eigenvalue weighted by Gasteiger charge is 2.23. The van der Waals surface area contributed by atoms with E-state index in [4.69, 9.17) is 9.15 Å². The molecule has 0 radical (unpaired) electrons. The van der Waals surface area contributed by atoms with Crippen LogP contribution >= 0.6 is 0 Å². The Morgan fingerprint density at radius 2 is 1.92 bits per heavy atom. The van der Waals surface area contributed by atoms with Gasteiger partial charge >= 0.3 is 0 Å². The predicted molar refractivity (Wildman–Crippen MR) is 98.8 cm³/mol. The Labute approximate surface area is 150 Å². The third-order valence-electron chi connectivity index (χ3n) is 4.75. The molecule has 5 heteroatoms. The summed E-state index contributed by atoms with van der Waals surface area (Å²) in [6.07, 6.45) is 1.03. The van der Waals surface area contributed by atoms with Gasteiger partial charge in [0.2, 0.25) is 5.43 Å². The van der Waals surface area contributed by atoms with Crippen molar-refractivity contribution in [3.63, 3.8) is 0 Å². The summed E-state index contributed by atoms with van der Waals surface area (Å²) in [4.78, 5) is 15.3. The second kappa shape index (κ2) is 6.57. The van der Waals surface area contributed by atoms with E-state index < -0.39 is 0 Å². The van der Waals surface area contributed by atoms with Crippen LogP contribution in [0.1, 0.15) is 24.7 Å². The molecule has 3 aromatic rings. The highest BCUT2D eigenvalue weighted by Crippen LogP contribution is 2.33. The first-order valence-corrected chi connectivity index (χ1v) is 8.79. The first-order chi connectivity index (χ1) is 12.6. The summed E-state index contributed by atoms with van der Waals surface area (Å²) < 4.78 is 25.1. The SMILES string of the molecule is CCCN1COc2ccc3c(=O)c(-c4ccc(F)cc4)c(C)oc3c2C1. The minimum Gasteiger partial charge on any atom is -0.478 e. The van der Waals surface area contributed by atoms with Gasteiger partial charge in [-0.15, -0.1) is 0 Å². The molecule has 2 heterocycles. The Bertz CT molecular complexity index is 1020. The quantitative estimate of drug-likeness (QED) is 0.697. The first kappa shape index (κ1) is 16.8. The smallest absolute Gasteiger partial charge is 0.200 e. The average Bonchev–Trinajstić information content (AvgIpc) is 2.63. The molecule has 0 fully saturated rings. The maximum Gasteiger partial charge on any atom is 0.200 e. The van der Waals surface area contributed by atoms with Crippen LogP contribution in [-0.2, 0) is 6.54 Å². The fourth-order valence-electron chi connectivity index (χ4n) is 3.53. The number of ether oxygens (including phenoxy) is 1. The number of halogens is 1. The van der Waals surface area contributed by atoms with Gasteiger partial charge in [-0.3, -0.25) is 9.69 Å². The van der Waals surface area contributed by atoms with Crippen LogP contribution < -0.4 is 10.2 Å². The molecule has 2 aromatic carbocycles. The maximum absolute atomic E-state index is 13.2. The van der Waals surface area contributed by atoms with Crippen molar-refractivity contribution in [2.75, 3.05) is 13.3 Å². The first-order valence-electron chi connectivity index (χ1n) is 8.79. The summed E-state index contributed by atoms with van der Waals surface area (Å²) >= 11 is 0. The second-order valence-corrected chi connectivity index (χ2v) is 6.61. The number of fused-ring (bicyclic) bond motifs is 3. The normalized spacial score (nSPS) is 14.3. The van der Waals surface area contributed by atoms with E-state index in [1.807, 2.05) is 6.07 Å². The molecular weight excluding hydrogens is 333 g/mol. The van der Waals surface area contributed by atoms with E-state index in [1.165, 1.54) is 12.1 Å². The molecule has 0 amide bonds. The van der Waals surface area contributed by atoms with Gasteiger partial charge in [-0.05, 0) is 43.2 Å². The standard InChI is InChI=1S/C21H20FNO3/c1-3-10-23-11-17-18(25-12-23)9-8-16-20(24)19(13(2)26-21(16)17)14-4-6-15(22)7-5-14/h4-9H,3,10-12H2,1-2H3. The summed E-state index contributed by atoms with van der Waals surface area (Å²) in [6.45, 7) is 6.05. The predicted octanol–water partition coefficient (Wildman–Crippen LogP) is 4.47. The Kier molecular flexibility index (Phi) is 4.24. The molecule has 26 heavy (non-hydrogen) atoms. The zero-order chi connectivity index (χ0) is 18.3. The summed E-state index contributed by atoms with van der Waals surface area (Å²) in [5, 5.41) is 0.524. The van der Waals surface area contributed by atoms with Gasteiger partial charge in [0, 0.05) is 13.1 Å². The van der Waals surface area contributed by atoms with Crippen molar-refractivity contribution in [2.45, 2.75) is 26.8 Å². The van der Waals surface area contributed by atoms with Gasteiger partial charge in [-0.25, -0.2) is 4.39 Å². The molecule has 0 atom stereocenters. The molecule has 0 N–H and O–H groups in total. The van der Waals surface area contributed by atoms with Gasteiger partial charge < -0.3 is 9.15 Å². The summed E-state index contributed by atoms with van der Waals surface area (Å²) in [7, 11) is 0. The van der Waals surface area contributed by atoms with E-state index >= 15 is 0 Å². The van der Waals surface area contributed by atoms with Crippen molar-refractivity contribution >= 4 is 11.0 Å². The van der Waals surface area contributed by atoms with Gasteiger partial charge in [0.1, 0.15) is 29.6 Å². The van der Waals surface area contributed by atoms with Crippen molar-refractivity contribution in [2.24, 2.45) is 0 Å². The number of hydrogen-bond donors (Lipinski definition) is 0. The van der Waals surface area contributed by atoms with Crippen LogP contribution in [0.3, 0.4) is 0 Å². The Hall–Kier alpha value is -2.66. The van der Waals surface area contributed by atoms with Crippen LogP contribution in [0.15, 0.2) is 45.6 Å². The minimum absolute atomic E-state index is 0.106. The minimum atomic E-state index is -0.334. The van der Waals surface area contributed by atoms with Crippen molar-refractivity contribution in [1.82, 2.24) is 4.90 Å². The highest BCUT2D eigenvalue weighted by atomic mass is 19.1. The van der Waals surface area contributed by atoms with E-state index in [1.54, 1.807) is 25.1 Å². The van der Waals surface area contributed by atoms with Crippen molar-refractivity contribution in [1.29, 1.82) is 0 Å². The number of rotatable bonds is 3. The fourth-order valence-corrected chi connectivity index (χ4v) is 3.53. The number of hydrogen-bond acceptors (Lipinski definition) is 4. The lowest BCUT2D eigenvalue weighted by Gasteiger charge is -2.29. The van der Waals surface area contributed by atoms with Gasteiger partial charge in [0.05, 0.1) is 16.5 Å². The maximum atomic E-state index is 13.2. The van der Waals surface area contributed by atoms with Crippen LogP contribution in [0.5, 0.6) is 5.75 Å². The molecule has 0 aliphatic carbocycles. The monoisotopic (exact) mass is 353 g/mol. The molecule has 1 aliphatic heterocycles. The van der Waals surface area contributed by atoms with Crippen molar-refractivity contribution < 1.29 is 13.5 Å². The Morgan fingerprint density at radius 1 is 1.15 bits per heavy atom. The van der Waals surface area contributed by atoms with E-state index in [-0.39, 0.29) is 11.2 Å². The lowest BCUT2D eigenvalue weighted by molar-refractivity contribution is 0.0958. The van der Waals surface area contributed by atoms with Gasteiger partial charge in [0.25, 0.3) is 0 Å². The lowest BCUT2D eigenvalue weighted by Crippen LogP contribution is -2.32. The highest BCUT2D eigenvalue weighted by molar-refractivity contribution is 5.86. The molecule has 0 saturated heterocycles. The zero-order valence-corrected chi connectivity index (χ0v) is 14.8. The molecule has 1 aliphatic rings. The molecule has 1 aromatic heterocycles. The largest absolute Gasteiger partial charge is 0.478 e. The van der Waals surface area contributed by atoms with Crippen LogP contribution in [-0.4, -0.2) is 18.2 Å². The third-order valence-corrected chi connectivity index (χ3v) is 4.75. The molecular formula is C21H20FNO3. The van der Waals surface area contributed by atoms with Crippen LogP contribution in [0.4, 0.5) is 4.39 Å². The topological polar surface area (TPSA) is 42.7 Å². The summed E-state index contributed by atoms with van der Waals surface area (Å²) in [5.41, 5.74) is 2.51. The van der Waals surface area contributed by atoms with Crippen LogP contribution in [0.2, 0.25) is 0 Å². The summed E-state index contributed by atoms with van der Waals surface area (Å²) in [6, 6.07) is 9.49. The fraction of sp³-hybridized carbons (Fsp3) is 0.286. The number of aryl methyl sites for hydroxylation is 1. The summed E-state index contributed by atoms with van der Waals surface area (Å²) in [5.74, 6) is 0.955. The molecule has 0 unspecified atom stereocenters. The molecule has 0 bridgehead atoms. The van der Waals surface area contributed by atoms with Crippen molar-refractivity contribution in [3.8, 4) is 16.9 Å². The Balaban J connectivity index is 1.90. The van der Waals surface area contributed by atoms with Gasteiger partial charge in [-0.2, -0.15) is 0 Å². The van der Waals surface area contributed by atoms with E-state index in [9.17, 15) is 9.18 Å². The lowest BCUT2D eigenvalue weighted by atomic mass is 10.0. The van der Waals surface area contributed by atoms with E-state index in [0.29, 0.717) is 41.1 Å². The molecule has 4 rings (SSSR count). The van der Waals surface area contributed by atoms with Crippen LogP contribution in [0.25, 0.3) is 22.1 Å². The molecule has 0 saturated carbocycles. The zero-order valence-electron chi connectivity index (χ0n) is 14.8. The molecule has 134 valence electrons. The van der Waals surface area contributed by atoms with Gasteiger partial charge in [0.15, 0.2) is 0 Å². The van der Waals surface area contributed by atoms with E-state index in [2.05, 4.69) is 11.8 Å². The molecule has 0 spiro atoms. The van der Waals surface area contributed by atoms with Gasteiger partial charge in [-0.1, -0.05) is 19.1 Å². The second-order valence-electron chi connectivity index (χ2n) is 6.61. The van der Waals surface area contributed by atoms with Crippen LogP contribution in [0, 0.1) is 12.7 Å². The Morgan fingerprint density at radius 3 is 2.65 bits per heavy atom. The molecule has 4 nitrogen and oxygen atoms in total. The van der Waals surface area contributed by atoms with Crippen molar-refractivity contribution in [3.05, 3.63) is 63.8 Å². The number of nitrogens with zero attached hydrogens (tertiary/aromatic N) is 1. The third kappa shape index (κ3) is 2.78. The average molecular weight is 353 g/mol.